The van der Waals surface area contributed by atoms with Crippen molar-refractivity contribution in [2.45, 2.75) is 58.0 Å². The molecule has 0 bridgehead atoms. The van der Waals surface area contributed by atoms with Crippen molar-refractivity contribution in [2.24, 2.45) is 11.3 Å². The van der Waals surface area contributed by atoms with E-state index in [9.17, 15) is 20.1 Å². The Morgan fingerprint density at radius 3 is 2.61 bits per heavy atom. The largest absolute Gasteiger partial charge is 0.508 e. The molecule has 4 nitrogen and oxygen atoms in total. The summed E-state index contributed by atoms with van der Waals surface area (Å²) in [4.78, 5) is 12.7. The number of aliphatic hydroxyl groups excluding tert-OH is 1. The van der Waals surface area contributed by atoms with Crippen LogP contribution in [-0.4, -0.2) is 27.7 Å². The van der Waals surface area contributed by atoms with E-state index >= 15 is 0 Å². The third kappa shape index (κ3) is 2.31. The molecule has 1 saturated carbocycles. The van der Waals surface area contributed by atoms with Gasteiger partial charge < -0.3 is 15.3 Å². The van der Waals surface area contributed by atoms with Crippen molar-refractivity contribution in [1.29, 1.82) is 0 Å². The van der Waals surface area contributed by atoms with E-state index in [1.54, 1.807) is 12.1 Å². The van der Waals surface area contributed by atoms with Crippen molar-refractivity contribution in [2.75, 3.05) is 6.61 Å². The first-order valence-corrected chi connectivity index (χ1v) is 8.47. The number of benzene rings is 1. The van der Waals surface area contributed by atoms with Crippen molar-refractivity contribution in [1.82, 2.24) is 0 Å². The van der Waals surface area contributed by atoms with Gasteiger partial charge in [-0.05, 0) is 53.9 Å². The van der Waals surface area contributed by atoms with Crippen LogP contribution in [0.1, 0.15) is 73.9 Å². The summed E-state index contributed by atoms with van der Waals surface area (Å²) in [7, 11) is 0. The molecular weight excluding hydrogens is 292 g/mol. The van der Waals surface area contributed by atoms with Gasteiger partial charge in [-0.1, -0.05) is 20.8 Å². The molecule has 0 aromatic heterocycles. The second-order valence-corrected chi connectivity index (χ2v) is 7.88. The molecule has 4 heteroatoms. The standard InChI is InChI=1S/C19H26O4/c1-11(2)12-7-13-14(8-15(12)21)19(23)6-4-5-18(3,10-20)17(19)9-16(13)22/h7-8,11,17,20-21,23H,4-6,9-10H2,1-3H3/t17-,18+,19-/m0/s1. The summed E-state index contributed by atoms with van der Waals surface area (Å²) < 4.78 is 0. The average molecular weight is 318 g/mol. The number of ketones is 1. The van der Waals surface area contributed by atoms with Crippen LogP contribution in [0.15, 0.2) is 12.1 Å². The zero-order chi connectivity index (χ0) is 17.0. The normalized spacial score (nSPS) is 33.5. The number of aromatic hydroxyl groups is 1. The maximum absolute atomic E-state index is 12.7. The van der Waals surface area contributed by atoms with Gasteiger partial charge in [-0.15, -0.1) is 0 Å². The van der Waals surface area contributed by atoms with E-state index in [0.717, 1.165) is 18.4 Å². The molecule has 3 atom stereocenters. The summed E-state index contributed by atoms with van der Waals surface area (Å²) >= 11 is 0. The molecular formula is C19H26O4. The Balaban J connectivity index is 2.19. The fraction of sp³-hybridized carbons (Fsp3) is 0.632. The monoisotopic (exact) mass is 318 g/mol. The van der Waals surface area contributed by atoms with Crippen molar-refractivity contribution in [3.05, 3.63) is 28.8 Å². The minimum atomic E-state index is -1.15. The zero-order valence-electron chi connectivity index (χ0n) is 14.1. The molecule has 0 radical (unpaired) electrons. The predicted molar refractivity (Wildman–Crippen MR) is 87.6 cm³/mol. The van der Waals surface area contributed by atoms with Gasteiger partial charge in [-0.2, -0.15) is 0 Å². The van der Waals surface area contributed by atoms with Gasteiger partial charge in [0.25, 0.3) is 0 Å². The van der Waals surface area contributed by atoms with Gasteiger partial charge in [0.15, 0.2) is 5.78 Å². The molecule has 3 rings (SSSR count). The molecule has 3 N–H and O–H groups in total. The van der Waals surface area contributed by atoms with Crippen LogP contribution in [0.25, 0.3) is 0 Å². The number of carbonyl (C=O) groups excluding carboxylic acids is 1. The van der Waals surface area contributed by atoms with E-state index < -0.39 is 11.0 Å². The molecule has 0 heterocycles. The average Bonchev–Trinajstić information content (AvgIpc) is 2.49. The molecule has 126 valence electrons. The van der Waals surface area contributed by atoms with E-state index in [1.165, 1.54) is 0 Å². The maximum atomic E-state index is 12.7. The molecule has 0 unspecified atom stereocenters. The highest BCUT2D eigenvalue weighted by Gasteiger charge is 2.55. The number of rotatable bonds is 2. The van der Waals surface area contributed by atoms with Gasteiger partial charge in [0.2, 0.25) is 0 Å². The Bertz CT molecular complexity index is 651. The summed E-state index contributed by atoms with van der Waals surface area (Å²) in [5.41, 5.74) is 0.200. The van der Waals surface area contributed by atoms with Crippen LogP contribution in [0.2, 0.25) is 0 Å². The van der Waals surface area contributed by atoms with Gasteiger partial charge in [0.05, 0.1) is 5.60 Å². The van der Waals surface area contributed by atoms with Crippen LogP contribution in [0.4, 0.5) is 0 Å². The van der Waals surface area contributed by atoms with Gasteiger partial charge in [-0.3, -0.25) is 4.79 Å². The van der Waals surface area contributed by atoms with Gasteiger partial charge in [0, 0.05) is 24.5 Å². The predicted octanol–water partition coefficient (Wildman–Crippen LogP) is 3.09. The first-order valence-electron chi connectivity index (χ1n) is 8.47. The first kappa shape index (κ1) is 16.5. The topological polar surface area (TPSA) is 77.8 Å². The lowest BCUT2D eigenvalue weighted by Gasteiger charge is -2.53. The summed E-state index contributed by atoms with van der Waals surface area (Å²) in [6, 6.07) is 3.33. The number of Topliss-reactive ketones (excluding diaryl/α,β-unsaturated/α-hetero) is 1. The highest BCUT2D eigenvalue weighted by atomic mass is 16.3. The molecule has 0 spiro atoms. The number of fused-ring (bicyclic) bond motifs is 3. The highest BCUT2D eigenvalue weighted by Crippen LogP contribution is 2.56. The fourth-order valence-electron chi connectivity index (χ4n) is 4.57. The van der Waals surface area contributed by atoms with Crippen LogP contribution in [0.5, 0.6) is 5.75 Å². The minimum Gasteiger partial charge on any atom is -0.508 e. The van der Waals surface area contributed by atoms with Crippen LogP contribution >= 0.6 is 0 Å². The van der Waals surface area contributed by atoms with E-state index in [4.69, 9.17) is 0 Å². The van der Waals surface area contributed by atoms with Gasteiger partial charge in [0.1, 0.15) is 5.75 Å². The Kier molecular flexibility index (Phi) is 3.81. The molecule has 1 aromatic carbocycles. The molecule has 1 aromatic rings. The molecule has 2 aliphatic carbocycles. The van der Waals surface area contributed by atoms with E-state index in [1.807, 2.05) is 20.8 Å². The summed E-state index contributed by atoms with van der Waals surface area (Å²) in [6.45, 7) is 5.84. The van der Waals surface area contributed by atoms with Crippen molar-refractivity contribution in [3.63, 3.8) is 0 Å². The third-order valence-corrected chi connectivity index (χ3v) is 6.03. The smallest absolute Gasteiger partial charge is 0.163 e. The van der Waals surface area contributed by atoms with Crippen LogP contribution in [0.3, 0.4) is 0 Å². The molecule has 0 amide bonds. The number of carbonyl (C=O) groups is 1. The number of aliphatic hydroxyl groups is 2. The second-order valence-electron chi connectivity index (χ2n) is 7.88. The number of hydrogen-bond donors (Lipinski definition) is 3. The number of phenolic OH excluding ortho intramolecular Hbond substituents is 1. The quantitative estimate of drug-likeness (QED) is 0.783. The Morgan fingerprint density at radius 2 is 2.00 bits per heavy atom. The lowest BCUT2D eigenvalue weighted by Crippen LogP contribution is -2.53. The lowest BCUT2D eigenvalue weighted by atomic mass is 9.54. The fourth-order valence-corrected chi connectivity index (χ4v) is 4.57. The van der Waals surface area contributed by atoms with E-state index in [-0.39, 0.29) is 36.4 Å². The van der Waals surface area contributed by atoms with Crippen molar-refractivity contribution < 1.29 is 20.1 Å². The van der Waals surface area contributed by atoms with Gasteiger partial charge in [-0.25, -0.2) is 0 Å². The summed E-state index contributed by atoms with van der Waals surface area (Å²) in [5, 5.41) is 31.6. The van der Waals surface area contributed by atoms with Crippen LogP contribution in [-0.2, 0) is 5.60 Å². The summed E-state index contributed by atoms with van der Waals surface area (Å²) in [6.07, 6.45) is 2.41. The number of phenols is 1. The molecule has 23 heavy (non-hydrogen) atoms. The van der Waals surface area contributed by atoms with Crippen LogP contribution < -0.4 is 0 Å². The Hall–Kier alpha value is -1.39. The molecule has 0 aliphatic heterocycles. The molecule has 0 saturated heterocycles. The first-order chi connectivity index (χ1) is 10.7. The molecule has 1 fully saturated rings. The van der Waals surface area contributed by atoms with Gasteiger partial charge >= 0.3 is 0 Å². The van der Waals surface area contributed by atoms with E-state index in [0.29, 0.717) is 17.5 Å². The zero-order valence-corrected chi connectivity index (χ0v) is 14.1. The third-order valence-electron chi connectivity index (χ3n) is 6.03. The lowest BCUT2D eigenvalue weighted by molar-refractivity contribution is -0.131. The van der Waals surface area contributed by atoms with E-state index in [2.05, 4.69) is 0 Å². The molecule has 2 aliphatic rings. The Morgan fingerprint density at radius 1 is 1.30 bits per heavy atom. The van der Waals surface area contributed by atoms with Crippen LogP contribution in [0, 0.1) is 11.3 Å². The minimum absolute atomic E-state index is 0.00171. The van der Waals surface area contributed by atoms with Crippen molar-refractivity contribution in [3.8, 4) is 5.75 Å². The number of hydrogen-bond acceptors (Lipinski definition) is 4. The second kappa shape index (κ2) is 5.32. The van der Waals surface area contributed by atoms with Crippen molar-refractivity contribution >= 4 is 5.78 Å². The Labute approximate surface area is 137 Å². The maximum Gasteiger partial charge on any atom is 0.163 e. The SMILES string of the molecule is CC(C)c1cc2c(cc1O)[C@@]1(O)CCC[C@](C)(CO)[C@@H]1CC2=O. The highest BCUT2D eigenvalue weighted by molar-refractivity contribution is 6.00. The summed E-state index contributed by atoms with van der Waals surface area (Å²) in [5.74, 6) is -0.0670.